The lowest BCUT2D eigenvalue weighted by atomic mass is 10.3. The van der Waals surface area contributed by atoms with Crippen molar-refractivity contribution in [3.63, 3.8) is 0 Å². The molecule has 14 heteroatoms. The number of likely N-dealkylation sites (tertiary alicyclic amines) is 1. The molecule has 0 unspecified atom stereocenters. The molecule has 1 fully saturated rings. The Bertz CT molecular complexity index is 647. The number of aliphatic hydroxyl groups is 1. The van der Waals surface area contributed by atoms with Crippen molar-refractivity contribution < 1.29 is 44.4 Å². The number of amides is 2. The van der Waals surface area contributed by atoms with Crippen LogP contribution in [-0.4, -0.2) is 129 Å². The topological polar surface area (TPSA) is 188 Å². The van der Waals surface area contributed by atoms with Crippen LogP contribution in [-0.2, 0) is 24.0 Å². The van der Waals surface area contributed by atoms with Gasteiger partial charge in [-0.25, -0.2) is 0 Å². The fraction of sp³-hybridized carbons (Fsp3) is 0.688. The van der Waals surface area contributed by atoms with Gasteiger partial charge in [-0.15, -0.1) is 0 Å². The normalized spacial score (nSPS) is 17.7. The molecule has 1 rings (SSSR count). The zero-order valence-corrected chi connectivity index (χ0v) is 17.0. The van der Waals surface area contributed by atoms with Gasteiger partial charge < -0.3 is 20.4 Å². The SMILES string of the molecule is O=C(O)CN(CCN(CC(=O)O)C[C@H](O)NCCN1C(=O)C[C@H](S)C1=O)CC(=O)O. The lowest BCUT2D eigenvalue weighted by Crippen LogP contribution is -2.48. The molecule has 30 heavy (non-hydrogen) atoms. The number of hydrogen-bond acceptors (Lipinski definition) is 10. The van der Waals surface area contributed by atoms with Gasteiger partial charge in [-0.1, -0.05) is 0 Å². The van der Waals surface area contributed by atoms with E-state index < -0.39 is 54.9 Å². The van der Waals surface area contributed by atoms with E-state index in [1.54, 1.807) is 0 Å². The van der Waals surface area contributed by atoms with Crippen LogP contribution in [0.5, 0.6) is 0 Å². The van der Waals surface area contributed by atoms with Crippen LogP contribution in [0, 0.1) is 0 Å². The molecule has 170 valence electrons. The predicted octanol–water partition coefficient (Wildman–Crippen LogP) is -3.19. The van der Waals surface area contributed by atoms with Crippen LogP contribution < -0.4 is 5.32 Å². The predicted molar refractivity (Wildman–Crippen MR) is 104 cm³/mol. The Morgan fingerprint density at radius 2 is 1.53 bits per heavy atom. The maximum atomic E-state index is 11.8. The fourth-order valence-corrected chi connectivity index (χ4v) is 3.15. The second-order valence-corrected chi connectivity index (χ2v) is 7.32. The van der Waals surface area contributed by atoms with Crippen LogP contribution in [0.3, 0.4) is 0 Å². The van der Waals surface area contributed by atoms with Crippen molar-refractivity contribution in [2.45, 2.75) is 17.9 Å². The Labute approximate surface area is 177 Å². The number of aliphatic carboxylic acids is 3. The summed E-state index contributed by atoms with van der Waals surface area (Å²) in [5, 5.41) is 38.8. The van der Waals surface area contributed by atoms with E-state index in [1.807, 2.05) is 0 Å². The average Bonchev–Trinajstić information content (AvgIpc) is 2.84. The molecule has 1 heterocycles. The highest BCUT2D eigenvalue weighted by Gasteiger charge is 2.35. The van der Waals surface area contributed by atoms with Gasteiger partial charge in [0.05, 0.1) is 24.9 Å². The summed E-state index contributed by atoms with van der Waals surface area (Å²) < 4.78 is 0. The zero-order valence-electron chi connectivity index (χ0n) is 16.1. The summed E-state index contributed by atoms with van der Waals surface area (Å²) in [6, 6.07) is 0. The molecule has 0 bridgehead atoms. The molecule has 0 aliphatic carbocycles. The highest BCUT2D eigenvalue weighted by molar-refractivity contribution is 7.81. The fourth-order valence-electron chi connectivity index (χ4n) is 2.86. The zero-order chi connectivity index (χ0) is 22.8. The van der Waals surface area contributed by atoms with Crippen LogP contribution >= 0.6 is 12.6 Å². The molecule has 0 radical (unpaired) electrons. The van der Waals surface area contributed by atoms with Crippen molar-refractivity contribution >= 4 is 42.4 Å². The van der Waals surface area contributed by atoms with Crippen LogP contribution in [0.25, 0.3) is 0 Å². The minimum Gasteiger partial charge on any atom is -0.480 e. The lowest BCUT2D eigenvalue weighted by molar-refractivity contribution is -0.143. The molecule has 2 atom stereocenters. The minimum absolute atomic E-state index is 0.00394. The second kappa shape index (κ2) is 12.4. The number of carbonyl (C=O) groups excluding carboxylic acids is 2. The first-order valence-electron chi connectivity index (χ1n) is 9.03. The largest absolute Gasteiger partial charge is 0.480 e. The van der Waals surface area contributed by atoms with E-state index in [1.165, 1.54) is 4.90 Å². The molecule has 0 aromatic carbocycles. The van der Waals surface area contributed by atoms with E-state index in [9.17, 15) is 29.1 Å². The number of rotatable bonds is 15. The number of nitrogens with one attached hydrogen (secondary N) is 1. The van der Waals surface area contributed by atoms with Gasteiger partial charge in [0.25, 0.3) is 0 Å². The number of carbonyl (C=O) groups is 5. The van der Waals surface area contributed by atoms with Gasteiger partial charge >= 0.3 is 17.9 Å². The molecule has 0 aromatic heterocycles. The molecule has 13 nitrogen and oxygen atoms in total. The van der Waals surface area contributed by atoms with E-state index in [-0.39, 0.29) is 45.1 Å². The number of carboxylic acids is 3. The van der Waals surface area contributed by atoms with Crippen molar-refractivity contribution in [3.8, 4) is 0 Å². The third-order valence-electron chi connectivity index (χ3n) is 4.18. The quantitative estimate of drug-likeness (QED) is 0.0834. The first kappa shape index (κ1) is 25.8. The minimum atomic E-state index is -1.22. The number of hydrogen-bond donors (Lipinski definition) is 6. The molecule has 2 amide bonds. The Hall–Kier alpha value is -2.26. The molecule has 1 aliphatic rings. The lowest BCUT2D eigenvalue weighted by Gasteiger charge is -2.27. The molecule has 0 aromatic rings. The van der Waals surface area contributed by atoms with E-state index in [4.69, 9.17) is 15.3 Å². The summed E-state index contributed by atoms with van der Waals surface area (Å²) in [5.41, 5.74) is 0. The maximum Gasteiger partial charge on any atom is 0.317 e. The van der Waals surface area contributed by atoms with Crippen LogP contribution in [0.1, 0.15) is 6.42 Å². The Morgan fingerprint density at radius 1 is 1.03 bits per heavy atom. The van der Waals surface area contributed by atoms with Crippen molar-refractivity contribution in [2.75, 3.05) is 52.4 Å². The first-order chi connectivity index (χ1) is 14.0. The number of carboxylic acid groups (broad SMARTS) is 3. The van der Waals surface area contributed by atoms with Gasteiger partial charge in [0.2, 0.25) is 11.8 Å². The summed E-state index contributed by atoms with van der Waals surface area (Å²) in [5.74, 6) is -4.41. The summed E-state index contributed by atoms with van der Waals surface area (Å²) in [6.45, 7) is -1.63. The second-order valence-electron chi connectivity index (χ2n) is 6.70. The molecular weight excluding hydrogens is 424 g/mol. The molecule has 0 spiro atoms. The summed E-state index contributed by atoms with van der Waals surface area (Å²) >= 11 is 4.01. The first-order valence-corrected chi connectivity index (χ1v) is 9.55. The maximum absolute atomic E-state index is 11.8. The van der Waals surface area contributed by atoms with Gasteiger partial charge in [0.15, 0.2) is 0 Å². The van der Waals surface area contributed by atoms with Gasteiger partial charge in [-0.3, -0.25) is 44.0 Å². The van der Waals surface area contributed by atoms with Crippen molar-refractivity contribution in [1.29, 1.82) is 0 Å². The van der Waals surface area contributed by atoms with Crippen LogP contribution in [0.15, 0.2) is 0 Å². The van der Waals surface area contributed by atoms with Crippen molar-refractivity contribution in [3.05, 3.63) is 0 Å². The molecule has 0 saturated carbocycles. The smallest absolute Gasteiger partial charge is 0.317 e. The summed E-state index contributed by atoms with van der Waals surface area (Å²) in [6.07, 6.45) is -1.18. The average molecular weight is 450 g/mol. The Morgan fingerprint density at radius 3 is 2.00 bits per heavy atom. The number of imide groups is 1. The summed E-state index contributed by atoms with van der Waals surface area (Å²) in [7, 11) is 0. The van der Waals surface area contributed by atoms with Gasteiger partial charge in [-0.05, 0) is 0 Å². The highest BCUT2D eigenvalue weighted by Crippen LogP contribution is 2.16. The van der Waals surface area contributed by atoms with E-state index in [0.717, 1.165) is 9.80 Å². The van der Waals surface area contributed by atoms with Gasteiger partial charge in [0.1, 0.15) is 6.23 Å². The molecule has 1 saturated heterocycles. The van der Waals surface area contributed by atoms with E-state index >= 15 is 0 Å². The monoisotopic (exact) mass is 450 g/mol. The number of thiol groups is 1. The van der Waals surface area contributed by atoms with E-state index in [0.29, 0.717) is 0 Å². The van der Waals surface area contributed by atoms with Crippen LogP contribution in [0.4, 0.5) is 0 Å². The third kappa shape index (κ3) is 9.49. The van der Waals surface area contributed by atoms with Crippen LogP contribution in [0.2, 0.25) is 0 Å². The Balaban J connectivity index is 2.52. The molecule has 1 aliphatic heterocycles. The highest BCUT2D eigenvalue weighted by atomic mass is 32.1. The van der Waals surface area contributed by atoms with Crippen molar-refractivity contribution in [2.24, 2.45) is 0 Å². The van der Waals surface area contributed by atoms with E-state index in [2.05, 4.69) is 17.9 Å². The van der Waals surface area contributed by atoms with Gasteiger partial charge in [0, 0.05) is 39.1 Å². The molecule has 5 N–H and O–H groups in total. The molecular formula is C16H26N4O9S. The van der Waals surface area contributed by atoms with Gasteiger partial charge in [-0.2, -0.15) is 12.6 Å². The number of aliphatic hydroxyl groups excluding tert-OH is 1. The van der Waals surface area contributed by atoms with Crippen molar-refractivity contribution in [1.82, 2.24) is 20.0 Å². The Kier molecular flexibility index (Phi) is 10.7. The summed E-state index contributed by atoms with van der Waals surface area (Å²) in [4.78, 5) is 59.6. The third-order valence-corrected chi connectivity index (χ3v) is 4.58. The number of nitrogens with zero attached hydrogens (tertiary/aromatic N) is 3. The standard InChI is InChI=1S/C16H26N4O9S/c21-11(17-1-2-20-12(22)5-10(30)16(20)29)6-18(7-13(23)24)3-4-19(8-14(25)26)9-15(27)28/h10-11,17,21,30H,1-9H2,(H,23,24)(H,25,26)(H,27,28)/t10-,11-/m0/s1.